The highest BCUT2D eigenvalue weighted by Crippen LogP contribution is 2.30. The van der Waals surface area contributed by atoms with Gasteiger partial charge in [0.1, 0.15) is 5.82 Å². The van der Waals surface area contributed by atoms with Gasteiger partial charge in [-0.3, -0.25) is 0 Å². The van der Waals surface area contributed by atoms with Crippen LogP contribution in [0.1, 0.15) is 23.4 Å². The molecule has 0 radical (unpaired) electrons. The molecule has 2 aromatic rings. The Morgan fingerprint density at radius 1 is 1.30 bits per heavy atom. The first-order valence-electron chi connectivity index (χ1n) is 5.83. The van der Waals surface area contributed by atoms with Crippen LogP contribution in [-0.4, -0.2) is 8.42 Å². The number of thiophene rings is 1. The second-order valence-corrected chi connectivity index (χ2v) is 8.68. The summed E-state index contributed by atoms with van der Waals surface area (Å²) in [5.74, 6) is -0.346. The van der Waals surface area contributed by atoms with E-state index in [1.54, 1.807) is 32.0 Å². The van der Waals surface area contributed by atoms with Crippen molar-refractivity contribution in [2.45, 2.75) is 24.8 Å². The minimum Gasteiger partial charge on any atom is -0.207 e. The van der Waals surface area contributed by atoms with Crippen LogP contribution >= 0.6 is 27.3 Å². The first kappa shape index (κ1) is 15.6. The molecule has 0 aliphatic heterocycles. The van der Waals surface area contributed by atoms with Crippen molar-refractivity contribution in [3.63, 3.8) is 0 Å². The fraction of sp³-hybridized carbons (Fsp3) is 0.231. The highest BCUT2D eigenvalue weighted by Gasteiger charge is 2.22. The lowest BCUT2D eigenvalue weighted by Crippen LogP contribution is -2.27. The van der Waals surface area contributed by atoms with E-state index < -0.39 is 16.1 Å². The molecule has 20 heavy (non-hydrogen) atoms. The lowest BCUT2D eigenvalue weighted by molar-refractivity contribution is 0.566. The Morgan fingerprint density at radius 3 is 2.40 bits per heavy atom. The number of hydrogen-bond acceptors (Lipinski definition) is 3. The smallest absolute Gasteiger partial charge is 0.207 e. The molecule has 0 fully saturated rings. The molecule has 3 nitrogen and oxygen atoms in total. The second-order valence-electron chi connectivity index (χ2n) is 4.37. The average molecular weight is 378 g/mol. The highest BCUT2D eigenvalue weighted by molar-refractivity contribution is 9.11. The SMILES string of the molecule is Cc1sc(Br)cc1S(=O)(=O)NC(C)c1ccc(F)cc1. The average Bonchev–Trinajstić information content (AvgIpc) is 2.69. The van der Waals surface area contributed by atoms with Gasteiger partial charge in [0, 0.05) is 10.9 Å². The van der Waals surface area contributed by atoms with Crippen molar-refractivity contribution < 1.29 is 12.8 Å². The Labute approximate surface area is 130 Å². The molecule has 0 aliphatic rings. The van der Waals surface area contributed by atoms with E-state index in [0.29, 0.717) is 5.56 Å². The Morgan fingerprint density at radius 2 is 1.90 bits per heavy atom. The molecule has 7 heteroatoms. The van der Waals surface area contributed by atoms with E-state index >= 15 is 0 Å². The van der Waals surface area contributed by atoms with Crippen molar-refractivity contribution in [1.82, 2.24) is 4.72 Å². The molecule has 0 amide bonds. The first-order chi connectivity index (χ1) is 9.29. The summed E-state index contributed by atoms with van der Waals surface area (Å²) in [6.07, 6.45) is 0. The topological polar surface area (TPSA) is 46.2 Å². The minimum absolute atomic E-state index is 0.267. The minimum atomic E-state index is -3.59. The van der Waals surface area contributed by atoms with Crippen LogP contribution in [0.15, 0.2) is 39.0 Å². The molecule has 0 saturated carbocycles. The van der Waals surface area contributed by atoms with E-state index in [-0.39, 0.29) is 10.7 Å². The van der Waals surface area contributed by atoms with Crippen molar-refractivity contribution in [2.24, 2.45) is 0 Å². The first-order valence-corrected chi connectivity index (χ1v) is 8.92. The van der Waals surface area contributed by atoms with Gasteiger partial charge in [0.05, 0.1) is 8.68 Å². The molecule has 1 heterocycles. The van der Waals surface area contributed by atoms with E-state index in [1.165, 1.54) is 23.5 Å². The highest BCUT2D eigenvalue weighted by atomic mass is 79.9. The predicted octanol–water partition coefficient (Wildman–Crippen LogP) is 4.00. The van der Waals surface area contributed by atoms with Crippen LogP contribution in [0.4, 0.5) is 4.39 Å². The number of halogens is 2. The largest absolute Gasteiger partial charge is 0.242 e. The predicted molar refractivity (Wildman–Crippen MR) is 81.9 cm³/mol. The van der Waals surface area contributed by atoms with Gasteiger partial charge in [-0.1, -0.05) is 12.1 Å². The zero-order valence-electron chi connectivity index (χ0n) is 10.9. The molecule has 0 saturated heterocycles. The Bertz CT molecular complexity index is 710. The van der Waals surface area contributed by atoms with Crippen molar-refractivity contribution in [2.75, 3.05) is 0 Å². The molecule has 1 aromatic heterocycles. The maximum Gasteiger partial charge on any atom is 0.242 e. The van der Waals surface area contributed by atoms with Crippen LogP contribution in [0.2, 0.25) is 0 Å². The molecule has 0 aliphatic carbocycles. The van der Waals surface area contributed by atoms with Gasteiger partial charge in [0.2, 0.25) is 10.0 Å². The fourth-order valence-corrected chi connectivity index (χ4v) is 5.46. The van der Waals surface area contributed by atoms with Crippen LogP contribution in [0.5, 0.6) is 0 Å². The van der Waals surface area contributed by atoms with Crippen molar-refractivity contribution in [1.29, 1.82) is 0 Å². The number of nitrogens with one attached hydrogen (secondary N) is 1. The number of rotatable bonds is 4. The van der Waals surface area contributed by atoms with Crippen molar-refractivity contribution in [3.05, 3.63) is 50.4 Å². The molecule has 1 N–H and O–H groups in total. The maximum atomic E-state index is 12.9. The van der Waals surface area contributed by atoms with E-state index in [2.05, 4.69) is 20.7 Å². The van der Waals surface area contributed by atoms with Crippen LogP contribution < -0.4 is 4.72 Å². The number of aryl methyl sites for hydroxylation is 1. The van der Waals surface area contributed by atoms with Gasteiger partial charge in [0.15, 0.2) is 0 Å². The normalized spacial score (nSPS) is 13.4. The summed E-state index contributed by atoms with van der Waals surface area (Å²) >= 11 is 4.65. The third-order valence-electron chi connectivity index (χ3n) is 2.83. The zero-order chi connectivity index (χ0) is 14.9. The van der Waals surface area contributed by atoms with E-state index in [4.69, 9.17) is 0 Å². The summed E-state index contributed by atoms with van der Waals surface area (Å²) in [7, 11) is -3.59. The maximum absolute atomic E-state index is 12.9. The standard InChI is InChI=1S/C13H13BrFNO2S2/c1-8(10-3-5-11(15)6-4-10)16-20(17,18)12-7-13(14)19-9(12)2/h3-8,16H,1-2H3. The van der Waals surface area contributed by atoms with E-state index in [9.17, 15) is 12.8 Å². The molecule has 1 aromatic carbocycles. The summed E-state index contributed by atoms with van der Waals surface area (Å²) in [5.41, 5.74) is 0.710. The number of benzene rings is 1. The van der Waals surface area contributed by atoms with Gasteiger partial charge < -0.3 is 0 Å². The third-order valence-corrected chi connectivity index (χ3v) is 6.18. The Kier molecular flexibility index (Phi) is 4.63. The Hall–Kier alpha value is -0.760. The molecular formula is C13H13BrFNO2S2. The molecule has 108 valence electrons. The molecule has 0 bridgehead atoms. The van der Waals surface area contributed by atoms with E-state index in [0.717, 1.165) is 8.66 Å². The lowest BCUT2D eigenvalue weighted by Gasteiger charge is -2.14. The molecule has 1 atom stereocenters. The van der Waals surface area contributed by atoms with Gasteiger partial charge in [0.25, 0.3) is 0 Å². The second kappa shape index (κ2) is 5.93. The molecule has 2 rings (SSSR count). The summed E-state index contributed by atoms with van der Waals surface area (Å²) in [6, 6.07) is 6.91. The van der Waals surface area contributed by atoms with Gasteiger partial charge in [-0.25, -0.2) is 17.5 Å². The van der Waals surface area contributed by atoms with E-state index in [1.807, 2.05) is 0 Å². The van der Waals surface area contributed by atoms with Gasteiger partial charge >= 0.3 is 0 Å². The molecular weight excluding hydrogens is 365 g/mol. The summed E-state index contributed by atoms with van der Waals surface area (Å²) in [4.78, 5) is 0.985. The van der Waals surface area contributed by atoms with Gasteiger partial charge in [-0.05, 0) is 53.5 Å². The van der Waals surface area contributed by atoms with Gasteiger partial charge in [-0.15, -0.1) is 11.3 Å². The van der Waals surface area contributed by atoms with Gasteiger partial charge in [-0.2, -0.15) is 0 Å². The third kappa shape index (κ3) is 3.46. The lowest BCUT2D eigenvalue weighted by atomic mass is 10.1. The Balaban J connectivity index is 2.24. The molecule has 0 spiro atoms. The zero-order valence-corrected chi connectivity index (χ0v) is 14.1. The van der Waals surface area contributed by atoms with Crippen LogP contribution in [0.25, 0.3) is 0 Å². The summed E-state index contributed by atoms with van der Waals surface area (Å²) in [6.45, 7) is 3.48. The number of hydrogen-bond donors (Lipinski definition) is 1. The molecule has 1 unspecified atom stereocenters. The van der Waals surface area contributed by atoms with Crippen molar-refractivity contribution >= 4 is 37.3 Å². The monoisotopic (exact) mass is 377 g/mol. The fourth-order valence-electron chi connectivity index (χ4n) is 1.81. The summed E-state index contributed by atoms with van der Waals surface area (Å²) in [5, 5.41) is 0. The number of sulfonamides is 1. The van der Waals surface area contributed by atoms with Crippen LogP contribution in [0, 0.1) is 12.7 Å². The summed E-state index contributed by atoms with van der Waals surface area (Å²) < 4.78 is 40.9. The van der Waals surface area contributed by atoms with Crippen LogP contribution in [-0.2, 0) is 10.0 Å². The quantitative estimate of drug-likeness (QED) is 0.874. The van der Waals surface area contributed by atoms with Crippen molar-refractivity contribution in [3.8, 4) is 0 Å². The van der Waals surface area contributed by atoms with Crippen LogP contribution in [0.3, 0.4) is 0 Å².